The fourth-order valence-corrected chi connectivity index (χ4v) is 3.95. The van der Waals surface area contributed by atoms with E-state index in [4.69, 9.17) is 18.0 Å². The Morgan fingerprint density at radius 1 is 1.10 bits per heavy atom. The molecule has 2 unspecified atom stereocenters. The number of amides is 1. The molecular weight excluding hydrogens is 270 g/mol. The van der Waals surface area contributed by atoms with E-state index in [1.807, 2.05) is 0 Å². The van der Waals surface area contributed by atoms with Crippen molar-refractivity contribution in [2.75, 3.05) is 26.2 Å². The minimum atomic E-state index is -0.251. The summed E-state index contributed by atoms with van der Waals surface area (Å²) in [5.74, 6) is 2.46. The molecule has 1 aliphatic heterocycles. The molecule has 2 N–H and O–H groups in total. The first-order valence-electron chi connectivity index (χ1n) is 7.73. The van der Waals surface area contributed by atoms with Crippen LogP contribution in [0.25, 0.3) is 0 Å². The number of rotatable bonds is 3. The first-order valence-corrected chi connectivity index (χ1v) is 8.14. The van der Waals surface area contributed by atoms with E-state index in [9.17, 15) is 4.79 Å². The van der Waals surface area contributed by atoms with Crippen LogP contribution in [0.2, 0.25) is 0 Å². The highest BCUT2D eigenvalue weighted by atomic mass is 32.1. The lowest BCUT2D eigenvalue weighted by Crippen LogP contribution is -2.60. The Balaban J connectivity index is 1.53. The number of carbonyl (C=O) groups is 1. The molecule has 0 aromatic rings. The molecule has 4 nitrogen and oxygen atoms in total. The van der Waals surface area contributed by atoms with Gasteiger partial charge in [-0.3, -0.25) is 9.69 Å². The summed E-state index contributed by atoms with van der Waals surface area (Å²) in [6.45, 7) is 7.51. The van der Waals surface area contributed by atoms with Crippen molar-refractivity contribution >= 4 is 23.1 Å². The average molecular weight is 295 g/mol. The van der Waals surface area contributed by atoms with Crippen molar-refractivity contribution in [3.8, 4) is 0 Å². The zero-order chi connectivity index (χ0) is 14.5. The summed E-state index contributed by atoms with van der Waals surface area (Å²) in [7, 11) is 0. The van der Waals surface area contributed by atoms with Crippen LogP contribution in [0.1, 0.15) is 33.1 Å². The molecule has 20 heavy (non-hydrogen) atoms. The molecule has 2 aliphatic carbocycles. The lowest BCUT2D eigenvalue weighted by Gasteiger charge is -2.44. The summed E-state index contributed by atoms with van der Waals surface area (Å²) in [5, 5.41) is 0. The van der Waals surface area contributed by atoms with Crippen LogP contribution in [0.4, 0.5) is 0 Å². The van der Waals surface area contributed by atoms with Gasteiger partial charge in [-0.2, -0.15) is 0 Å². The standard InChI is InChI=1S/C15H25N3OS/c1-15(2,14(16)20)18-5-3-17(4-6-18)13(19)12-8-10-7-11(10)9-12/h10-12H,3-9H2,1-2H3,(H2,16,20). The summed E-state index contributed by atoms with van der Waals surface area (Å²) >= 11 is 5.15. The van der Waals surface area contributed by atoms with Gasteiger partial charge in [0, 0.05) is 32.1 Å². The van der Waals surface area contributed by atoms with Crippen molar-refractivity contribution in [3.05, 3.63) is 0 Å². The maximum atomic E-state index is 12.5. The number of hydrogen-bond donors (Lipinski definition) is 1. The number of carbonyl (C=O) groups excluding carboxylic acids is 1. The summed E-state index contributed by atoms with van der Waals surface area (Å²) in [6.07, 6.45) is 3.66. The van der Waals surface area contributed by atoms with Crippen LogP contribution < -0.4 is 5.73 Å². The lowest BCUT2D eigenvalue weighted by molar-refractivity contribution is -0.138. The number of hydrogen-bond acceptors (Lipinski definition) is 3. The molecule has 1 saturated heterocycles. The average Bonchev–Trinajstić information content (AvgIpc) is 3.04. The fraction of sp³-hybridized carbons (Fsp3) is 0.867. The van der Waals surface area contributed by atoms with Gasteiger partial charge >= 0.3 is 0 Å². The molecule has 5 heteroatoms. The molecular formula is C15H25N3OS. The minimum Gasteiger partial charge on any atom is -0.392 e. The Bertz CT molecular complexity index is 419. The van der Waals surface area contributed by atoms with Gasteiger partial charge in [-0.05, 0) is 44.9 Å². The first-order chi connectivity index (χ1) is 9.39. The second-order valence-electron chi connectivity index (χ2n) is 7.16. The topological polar surface area (TPSA) is 49.6 Å². The third-order valence-electron chi connectivity index (χ3n) is 5.58. The van der Waals surface area contributed by atoms with Gasteiger partial charge in [-0.25, -0.2) is 0 Å². The van der Waals surface area contributed by atoms with Crippen LogP contribution >= 0.6 is 12.2 Å². The van der Waals surface area contributed by atoms with Crippen LogP contribution in [0.3, 0.4) is 0 Å². The van der Waals surface area contributed by atoms with E-state index in [0.717, 1.165) is 50.9 Å². The fourth-order valence-electron chi connectivity index (χ4n) is 3.82. The van der Waals surface area contributed by atoms with E-state index < -0.39 is 0 Å². The number of nitrogens with zero attached hydrogens (tertiary/aromatic N) is 2. The monoisotopic (exact) mass is 295 g/mol. The second kappa shape index (κ2) is 4.95. The molecule has 2 atom stereocenters. The Kier molecular flexibility index (Phi) is 3.53. The molecule has 1 heterocycles. The van der Waals surface area contributed by atoms with Gasteiger partial charge in [-0.15, -0.1) is 0 Å². The lowest BCUT2D eigenvalue weighted by atomic mass is 9.99. The van der Waals surface area contributed by atoms with Crippen LogP contribution in [0, 0.1) is 17.8 Å². The second-order valence-corrected chi connectivity index (χ2v) is 7.60. The zero-order valence-electron chi connectivity index (χ0n) is 12.5. The van der Waals surface area contributed by atoms with Crippen molar-refractivity contribution in [1.82, 2.24) is 9.80 Å². The van der Waals surface area contributed by atoms with Gasteiger partial charge in [0.1, 0.15) is 0 Å². The van der Waals surface area contributed by atoms with E-state index in [-0.39, 0.29) is 5.54 Å². The summed E-state index contributed by atoms with van der Waals surface area (Å²) in [4.78, 5) is 17.4. The molecule has 0 bridgehead atoms. The molecule has 3 rings (SSSR count). The maximum Gasteiger partial charge on any atom is 0.225 e. The smallest absolute Gasteiger partial charge is 0.225 e. The van der Waals surface area contributed by atoms with E-state index in [1.165, 1.54) is 6.42 Å². The Morgan fingerprint density at radius 2 is 1.65 bits per heavy atom. The SMILES string of the molecule is CC(C)(C(N)=S)N1CCN(C(=O)C2CC3CC3C2)CC1. The summed E-state index contributed by atoms with van der Waals surface area (Å²) in [6, 6.07) is 0. The predicted octanol–water partition coefficient (Wildman–Crippen LogP) is 1.24. The van der Waals surface area contributed by atoms with E-state index in [0.29, 0.717) is 16.8 Å². The summed E-state index contributed by atoms with van der Waals surface area (Å²) < 4.78 is 0. The van der Waals surface area contributed by atoms with Crippen LogP contribution in [0.15, 0.2) is 0 Å². The third kappa shape index (κ3) is 2.46. The normalized spacial score (nSPS) is 33.9. The Hall–Kier alpha value is -0.680. The van der Waals surface area contributed by atoms with Gasteiger partial charge < -0.3 is 10.6 Å². The molecule has 0 aromatic heterocycles. The quantitative estimate of drug-likeness (QED) is 0.796. The zero-order valence-corrected chi connectivity index (χ0v) is 13.3. The van der Waals surface area contributed by atoms with Crippen molar-refractivity contribution in [3.63, 3.8) is 0 Å². The third-order valence-corrected chi connectivity index (χ3v) is 6.08. The van der Waals surface area contributed by atoms with Gasteiger partial charge in [0.25, 0.3) is 0 Å². The molecule has 2 saturated carbocycles. The van der Waals surface area contributed by atoms with E-state index in [2.05, 4.69) is 23.6 Å². The molecule has 0 aromatic carbocycles. The summed E-state index contributed by atoms with van der Waals surface area (Å²) in [5.41, 5.74) is 5.57. The molecule has 3 aliphatic rings. The van der Waals surface area contributed by atoms with Crippen molar-refractivity contribution in [1.29, 1.82) is 0 Å². The van der Waals surface area contributed by atoms with E-state index >= 15 is 0 Å². The van der Waals surface area contributed by atoms with Gasteiger partial charge in [0.2, 0.25) is 5.91 Å². The van der Waals surface area contributed by atoms with Gasteiger partial charge in [0.15, 0.2) is 0 Å². The van der Waals surface area contributed by atoms with Gasteiger partial charge in [0.05, 0.1) is 10.5 Å². The number of thiocarbonyl (C=S) groups is 1. The highest BCUT2D eigenvalue weighted by molar-refractivity contribution is 7.80. The van der Waals surface area contributed by atoms with Crippen molar-refractivity contribution in [2.24, 2.45) is 23.5 Å². The van der Waals surface area contributed by atoms with Crippen molar-refractivity contribution < 1.29 is 4.79 Å². The van der Waals surface area contributed by atoms with Crippen LogP contribution in [0.5, 0.6) is 0 Å². The predicted molar refractivity (Wildman–Crippen MR) is 83.3 cm³/mol. The largest absolute Gasteiger partial charge is 0.392 e. The number of fused-ring (bicyclic) bond motifs is 1. The maximum absolute atomic E-state index is 12.5. The first kappa shape index (κ1) is 14.3. The van der Waals surface area contributed by atoms with Gasteiger partial charge in [-0.1, -0.05) is 12.2 Å². The van der Waals surface area contributed by atoms with E-state index in [1.54, 1.807) is 0 Å². The Morgan fingerprint density at radius 3 is 2.15 bits per heavy atom. The number of piperazine rings is 1. The Labute approximate surface area is 126 Å². The highest BCUT2D eigenvalue weighted by Crippen LogP contribution is 2.54. The molecule has 0 radical (unpaired) electrons. The minimum absolute atomic E-state index is 0.251. The molecule has 3 fully saturated rings. The molecule has 0 spiro atoms. The van der Waals surface area contributed by atoms with Crippen molar-refractivity contribution in [2.45, 2.75) is 38.6 Å². The van der Waals surface area contributed by atoms with Crippen LogP contribution in [-0.2, 0) is 4.79 Å². The highest BCUT2D eigenvalue weighted by Gasteiger charge is 2.49. The number of nitrogens with two attached hydrogens (primary N) is 1. The molecule has 1 amide bonds. The molecule has 112 valence electrons. The van der Waals surface area contributed by atoms with Crippen LogP contribution in [-0.4, -0.2) is 52.4 Å².